The summed E-state index contributed by atoms with van der Waals surface area (Å²) in [6.07, 6.45) is 0. The van der Waals surface area contributed by atoms with Crippen molar-refractivity contribution in [3.05, 3.63) is 47.5 Å². The maximum Gasteiger partial charge on any atom is 0.227 e. The molecule has 0 atom stereocenters. The number of hydrogen-bond donors (Lipinski definition) is 1. The van der Waals surface area contributed by atoms with E-state index in [2.05, 4.69) is 16.4 Å². The molecular formula is C19H20N2O2. The molecule has 0 saturated heterocycles. The zero-order valence-electron chi connectivity index (χ0n) is 13.8. The van der Waals surface area contributed by atoms with E-state index in [0.717, 1.165) is 33.5 Å². The Labute approximate surface area is 135 Å². The minimum Gasteiger partial charge on any atom is -0.436 e. The SMILES string of the molecule is Cc1cc(C)c2oc(-c3cccc(NC(=O)C(C)C)c3)nc2c1. The third-order valence-electron chi connectivity index (χ3n) is 3.72. The van der Waals surface area contributed by atoms with Crippen molar-refractivity contribution in [2.24, 2.45) is 5.92 Å². The topological polar surface area (TPSA) is 55.1 Å². The molecule has 0 saturated carbocycles. The van der Waals surface area contributed by atoms with Gasteiger partial charge in [0.2, 0.25) is 11.8 Å². The first kappa shape index (κ1) is 15.3. The van der Waals surface area contributed by atoms with Gasteiger partial charge in [-0.25, -0.2) is 4.98 Å². The molecule has 4 nitrogen and oxygen atoms in total. The molecule has 23 heavy (non-hydrogen) atoms. The lowest BCUT2D eigenvalue weighted by Crippen LogP contribution is -2.17. The number of rotatable bonds is 3. The van der Waals surface area contributed by atoms with Gasteiger partial charge in [-0.05, 0) is 49.2 Å². The molecule has 3 rings (SSSR count). The van der Waals surface area contributed by atoms with Crippen LogP contribution in [0.3, 0.4) is 0 Å². The van der Waals surface area contributed by atoms with E-state index in [1.165, 1.54) is 0 Å². The number of aromatic nitrogens is 1. The van der Waals surface area contributed by atoms with Crippen LogP contribution in [0.15, 0.2) is 40.8 Å². The van der Waals surface area contributed by atoms with Gasteiger partial charge in [0.25, 0.3) is 0 Å². The average molecular weight is 308 g/mol. The predicted molar refractivity (Wildman–Crippen MR) is 92.4 cm³/mol. The molecule has 1 amide bonds. The molecule has 3 aromatic rings. The summed E-state index contributed by atoms with van der Waals surface area (Å²) in [6.45, 7) is 7.79. The van der Waals surface area contributed by atoms with E-state index >= 15 is 0 Å². The Morgan fingerprint density at radius 1 is 1.17 bits per heavy atom. The van der Waals surface area contributed by atoms with E-state index in [1.54, 1.807) is 0 Å². The van der Waals surface area contributed by atoms with Gasteiger partial charge in [0, 0.05) is 17.2 Å². The highest BCUT2D eigenvalue weighted by molar-refractivity contribution is 5.92. The molecule has 0 aliphatic heterocycles. The van der Waals surface area contributed by atoms with Gasteiger partial charge in [0.05, 0.1) is 0 Å². The van der Waals surface area contributed by atoms with Crippen molar-refractivity contribution in [2.45, 2.75) is 27.7 Å². The van der Waals surface area contributed by atoms with Gasteiger partial charge < -0.3 is 9.73 Å². The lowest BCUT2D eigenvalue weighted by Gasteiger charge is -2.08. The Hall–Kier alpha value is -2.62. The van der Waals surface area contributed by atoms with Crippen LogP contribution < -0.4 is 5.32 Å². The molecule has 0 aliphatic rings. The summed E-state index contributed by atoms with van der Waals surface area (Å²) in [5.74, 6) is 0.495. The zero-order chi connectivity index (χ0) is 16.6. The Balaban J connectivity index is 1.99. The first-order valence-electron chi connectivity index (χ1n) is 7.73. The van der Waals surface area contributed by atoms with Crippen molar-refractivity contribution in [1.82, 2.24) is 4.98 Å². The number of amides is 1. The first-order chi connectivity index (χ1) is 10.9. The summed E-state index contributed by atoms with van der Waals surface area (Å²) in [5, 5.41) is 2.90. The van der Waals surface area contributed by atoms with Crippen molar-refractivity contribution in [1.29, 1.82) is 0 Å². The number of fused-ring (bicyclic) bond motifs is 1. The summed E-state index contributed by atoms with van der Waals surface area (Å²) in [5.41, 5.74) is 5.49. The lowest BCUT2D eigenvalue weighted by molar-refractivity contribution is -0.118. The van der Waals surface area contributed by atoms with Gasteiger partial charge >= 0.3 is 0 Å². The molecular weight excluding hydrogens is 288 g/mol. The monoisotopic (exact) mass is 308 g/mol. The second kappa shape index (κ2) is 5.88. The lowest BCUT2D eigenvalue weighted by atomic mass is 10.1. The molecule has 0 fully saturated rings. The highest BCUT2D eigenvalue weighted by Gasteiger charge is 2.12. The van der Waals surface area contributed by atoms with Crippen molar-refractivity contribution in [3.8, 4) is 11.5 Å². The molecule has 0 unspecified atom stereocenters. The molecule has 1 heterocycles. The fourth-order valence-electron chi connectivity index (χ4n) is 2.52. The van der Waals surface area contributed by atoms with Crippen LogP contribution in [0.5, 0.6) is 0 Å². The van der Waals surface area contributed by atoms with Gasteiger partial charge in [-0.3, -0.25) is 4.79 Å². The van der Waals surface area contributed by atoms with E-state index in [0.29, 0.717) is 5.89 Å². The fraction of sp³-hybridized carbons (Fsp3) is 0.263. The van der Waals surface area contributed by atoms with Gasteiger partial charge in [-0.15, -0.1) is 0 Å². The van der Waals surface area contributed by atoms with E-state index in [1.807, 2.05) is 58.0 Å². The molecule has 0 aliphatic carbocycles. The summed E-state index contributed by atoms with van der Waals surface area (Å²) >= 11 is 0. The molecule has 0 radical (unpaired) electrons. The van der Waals surface area contributed by atoms with Gasteiger partial charge in [-0.1, -0.05) is 26.0 Å². The maximum atomic E-state index is 11.8. The number of benzene rings is 2. The summed E-state index contributed by atoms with van der Waals surface area (Å²) < 4.78 is 5.92. The fourth-order valence-corrected chi connectivity index (χ4v) is 2.52. The second-order valence-corrected chi connectivity index (χ2v) is 6.17. The van der Waals surface area contributed by atoms with Crippen LogP contribution in [0.2, 0.25) is 0 Å². The van der Waals surface area contributed by atoms with Crippen LogP contribution in [0, 0.1) is 19.8 Å². The van der Waals surface area contributed by atoms with Gasteiger partial charge in [-0.2, -0.15) is 0 Å². The van der Waals surface area contributed by atoms with E-state index in [-0.39, 0.29) is 11.8 Å². The van der Waals surface area contributed by atoms with Crippen LogP contribution in [0.1, 0.15) is 25.0 Å². The van der Waals surface area contributed by atoms with Crippen LogP contribution >= 0.6 is 0 Å². The quantitative estimate of drug-likeness (QED) is 0.762. The Bertz CT molecular complexity index is 878. The van der Waals surface area contributed by atoms with E-state index in [9.17, 15) is 4.79 Å². The standard InChI is InChI=1S/C19H20N2O2/c1-11(2)18(22)20-15-7-5-6-14(10-15)19-21-16-9-12(3)8-13(4)17(16)23-19/h5-11H,1-4H3,(H,20,22). The third-order valence-corrected chi connectivity index (χ3v) is 3.72. The second-order valence-electron chi connectivity index (χ2n) is 6.17. The van der Waals surface area contributed by atoms with Crippen LogP contribution in [0.4, 0.5) is 5.69 Å². The highest BCUT2D eigenvalue weighted by atomic mass is 16.3. The van der Waals surface area contributed by atoms with Crippen LogP contribution in [0.25, 0.3) is 22.6 Å². The number of carbonyl (C=O) groups excluding carboxylic acids is 1. The zero-order valence-corrected chi connectivity index (χ0v) is 13.8. The predicted octanol–water partition coefficient (Wildman–Crippen LogP) is 4.71. The molecule has 0 bridgehead atoms. The number of anilines is 1. The largest absolute Gasteiger partial charge is 0.436 e. The van der Waals surface area contributed by atoms with Crippen LogP contribution in [-0.4, -0.2) is 10.9 Å². The number of hydrogen-bond acceptors (Lipinski definition) is 3. The highest BCUT2D eigenvalue weighted by Crippen LogP contribution is 2.28. The maximum absolute atomic E-state index is 11.8. The summed E-state index contributed by atoms with van der Waals surface area (Å²) in [4.78, 5) is 16.4. The van der Waals surface area contributed by atoms with Crippen molar-refractivity contribution < 1.29 is 9.21 Å². The van der Waals surface area contributed by atoms with Crippen molar-refractivity contribution >= 4 is 22.7 Å². The minimum atomic E-state index is -0.0615. The smallest absolute Gasteiger partial charge is 0.227 e. The van der Waals surface area contributed by atoms with E-state index in [4.69, 9.17) is 4.42 Å². The van der Waals surface area contributed by atoms with Crippen molar-refractivity contribution in [2.75, 3.05) is 5.32 Å². The third kappa shape index (κ3) is 3.11. The Morgan fingerprint density at radius 3 is 2.70 bits per heavy atom. The normalized spacial score (nSPS) is 11.2. The molecule has 2 aromatic carbocycles. The molecule has 118 valence electrons. The Morgan fingerprint density at radius 2 is 1.96 bits per heavy atom. The van der Waals surface area contributed by atoms with Crippen molar-refractivity contribution in [3.63, 3.8) is 0 Å². The van der Waals surface area contributed by atoms with Gasteiger partial charge in [0.15, 0.2) is 5.58 Å². The van der Waals surface area contributed by atoms with Gasteiger partial charge in [0.1, 0.15) is 5.52 Å². The number of nitrogens with zero attached hydrogens (tertiary/aromatic N) is 1. The first-order valence-corrected chi connectivity index (χ1v) is 7.73. The number of carbonyl (C=O) groups is 1. The molecule has 0 spiro atoms. The number of nitrogens with one attached hydrogen (secondary N) is 1. The Kier molecular flexibility index (Phi) is 3.90. The number of aryl methyl sites for hydroxylation is 2. The molecule has 1 N–H and O–H groups in total. The minimum absolute atomic E-state index is 0.00816. The summed E-state index contributed by atoms with van der Waals surface area (Å²) in [6, 6.07) is 11.7. The van der Waals surface area contributed by atoms with Crippen LogP contribution in [-0.2, 0) is 4.79 Å². The average Bonchev–Trinajstić information content (AvgIpc) is 2.91. The molecule has 1 aromatic heterocycles. The van der Waals surface area contributed by atoms with E-state index < -0.39 is 0 Å². The summed E-state index contributed by atoms with van der Waals surface area (Å²) in [7, 11) is 0. The number of oxazole rings is 1. The molecule has 4 heteroatoms.